The van der Waals surface area contributed by atoms with Crippen molar-refractivity contribution in [1.82, 2.24) is 15.5 Å². The molecular formula is C11H9F3N4O2. The number of benzene rings is 1. The Morgan fingerprint density at radius 1 is 1.40 bits per heavy atom. The van der Waals surface area contributed by atoms with Gasteiger partial charge < -0.3 is 15.6 Å². The Labute approximate surface area is 110 Å². The minimum atomic E-state index is -4.68. The highest BCUT2D eigenvalue weighted by Gasteiger charge is 2.38. The van der Waals surface area contributed by atoms with Crippen molar-refractivity contribution in [3.8, 4) is 11.4 Å². The maximum atomic E-state index is 12.3. The molecule has 3 N–H and O–H groups in total. The summed E-state index contributed by atoms with van der Waals surface area (Å²) in [7, 11) is 0. The smallest absolute Gasteiger partial charge is 0.352 e. The molecule has 9 heteroatoms. The fraction of sp³-hybridized carbons (Fsp3) is 0.182. The summed E-state index contributed by atoms with van der Waals surface area (Å²) in [4.78, 5) is 13.9. The average Bonchev–Trinajstić information content (AvgIpc) is 2.86. The number of carbonyl (C=O) groups is 1. The number of halogens is 3. The van der Waals surface area contributed by atoms with Crippen LogP contribution in [0.3, 0.4) is 0 Å². The standard InChI is InChI=1S/C11H9F3N4O2/c12-11(13,14)9-17-8(18-20-9)7-3-1-2-6(4-7)5-16-10(15)19/h1-4H,5H2,(H3,15,16,19). The maximum absolute atomic E-state index is 12.3. The van der Waals surface area contributed by atoms with Gasteiger partial charge in [0.25, 0.3) is 0 Å². The molecule has 0 fully saturated rings. The predicted molar refractivity (Wildman–Crippen MR) is 61.2 cm³/mol. The first kappa shape index (κ1) is 13.8. The molecule has 106 valence electrons. The zero-order valence-corrected chi connectivity index (χ0v) is 9.94. The minimum absolute atomic E-state index is 0.146. The molecule has 1 aromatic heterocycles. The lowest BCUT2D eigenvalue weighted by atomic mass is 10.1. The Hall–Kier alpha value is -2.58. The van der Waals surface area contributed by atoms with Gasteiger partial charge in [-0.1, -0.05) is 23.4 Å². The zero-order valence-electron chi connectivity index (χ0n) is 9.94. The Morgan fingerprint density at radius 3 is 2.75 bits per heavy atom. The highest BCUT2D eigenvalue weighted by molar-refractivity contribution is 5.71. The van der Waals surface area contributed by atoms with Crippen LogP contribution in [-0.2, 0) is 12.7 Å². The first-order valence-electron chi connectivity index (χ1n) is 5.40. The van der Waals surface area contributed by atoms with Crippen LogP contribution in [0.2, 0.25) is 0 Å². The molecule has 20 heavy (non-hydrogen) atoms. The third kappa shape index (κ3) is 3.25. The summed E-state index contributed by atoms with van der Waals surface area (Å²) < 4.78 is 41.2. The number of hydrogen-bond donors (Lipinski definition) is 2. The van der Waals surface area contributed by atoms with Crippen LogP contribution in [0.1, 0.15) is 11.5 Å². The van der Waals surface area contributed by atoms with Crippen molar-refractivity contribution in [3.63, 3.8) is 0 Å². The van der Waals surface area contributed by atoms with Crippen LogP contribution in [0.4, 0.5) is 18.0 Å². The number of aromatic nitrogens is 2. The average molecular weight is 286 g/mol. The number of nitrogens with zero attached hydrogens (tertiary/aromatic N) is 2. The van der Waals surface area contributed by atoms with E-state index in [9.17, 15) is 18.0 Å². The zero-order chi connectivity index (χ0) is 14.8. The van der Waals surface area contributed by atoms with Crippen LogP contribution >= 0.6 is 0 Å². The maximum Gasteiger partial charge on any atom is 0.471 e. The fourth-order valence-electron chi connectivity index (χ4n) is 1.47. The summed E-state index contributed by atoms with van der Waals surface area (Å²) in [6, 6.07) is 5.62. The third-order valence-corrected chi connectivity index (χ3v) is 2.32. The lowest BCUT2D eigenvalue weighted by molar-refractivity contribution is -0.159. The molecular weight excluding hydrogens is 277 g/mol. The first-order chi connectivity index (χ1) is 9.36. The van der Waals surface area contributed by atoms with Crippen molar-refractivity contribution in [2.45, 2.75) is 12.7 Å². The number of amides is 2. The molecule has 0 aliphatic rings. The molecule has 0 saturated carbocycles. The highest BCUT2D eigenvalue weighted by Crippen LogP contribution is 2.29. The number of alkyl halides is 3. The summed E-state index contributed by atoms with van der Waals surface area (Å²) in [5, 5.41) is 5.64. The Kier molecular flexibility index (Phi) is 3.59. The second kappa shape index (κ2) is 5.19. The van der Waals surface area contributed by atoms with Crippen molar-refractivity contribution < 1.29 is 22.5 Å². The summed E-state index contributed by atoms with van der Waals surface area (Å²) in [5.41, 5.74) is 5.91. The van der Waals surface area contributed by atoms with E-state index >= 15 is 0 Å². The van der Waals surface area contributed by atoms with E-state index in [2.05, 4.69) is 20.0 Å². The molecule has 1 aromatic carbocycles. The van der Waals surface area contributed by atoms with Crippen LogP contribution < -0.4 is 11.1 Å². The third-order valence-electron chi connectivity index (χ3n) is 2.32. The van der Waals surface area contributed by atoms with Crippen LogP contribution in [0, 0.1) is 0 Å². The van der Waals surface area contributed by atoms with Gasteiger partial charge in [0.05, 0.1) is 0 Å². The molecule has 0 saturated heterocycles. The number of carbonyl (C=O) groups excluding carboxylic acids is 1. The topological polar surface area (TPSA) is 94.0 Å². The largest absolute Gasteiger partial charge is 0.471 e. The molecule has 1 heterocycles. The van der Waals surface area contributed by atoms with Gasteiger partial charge in [-0.25, -0.2) is 4.79 Å². The molecule has 0 bridgehead atoms. The van der Waals surface area contributed by atoms with E-state index in [-0.39, 0.29) is 12.4 Å². The number of rotatable bonds is 3. The van der Waals surface area contributed by atoms with Gasteiger partial charge in [0, 0.05) is 12.1 Å². The first-order valence-corrected chi connectivity index (χ1v) is 5.40. The van der Waals surface area contributed by atoms with Gasteiger partial charge in [-0.3, -0.25) is 0 Å². The molecule has 0 radical (unpaired) electrons. The molecule has 0 spiro atoms. The van der Waals surface area contributed by atoms with Gasteiger partial charge in [-0.05, 0) is 11.6 Å². The Balaban J connectivity index is 2.22. The van der Waals surface area contributed by atoms with Crippen LogP contribution in [-0.4, -0.2) is 16.2 Å². The second-order valence-electron chi connectivity index (χ2n) is 3.84. The van der Waals surface area contributed by atoms with E-state index < -0.39 is 18.1 Å². The van der Waals surface area contributed by atoms with Crippen molar-refractivity contribution in [2.24, 2.45) is 5.73 Å². The van der Waals surface area contributed by atoms with E-state index in [0.717, 1.165) is 0 Å². The highest BCUT2D eigenvalue weighted by atomic mass is 19.4. The van der Waals surface area contributed by atoms with E-state index in [1.54, 1.807) is 12.1 Å². The summed E-state index contributed by atoms with van der Waals surface area (Å²) in [5.74, 6) is -1.59. The molecule has 2 rings (SSSR count). The minimum Gasteiger partial charge on any atom is -0.352 e. The summed E-state index contributed by atoms with van der Waals surface area (Å²) in [6.07, 6.45) is -4.68. The SMILES string of the molecule is NC(=O)NCc1cccc(-c2noc(C(F)(F)F)n2)c1. The predicted octanol–water partition coefficient (Wildman–Crippen LogP) is 1.92. The van der Waals surface area contributed by atoms with Crippen molar-refractivity contribution in [3.05, 3.63) is 35.7 Å². The van der Waals surface area contributed by atoms with Crippen molar-refractivity contribution >= 4 is 6.03 Å². The molecule has 6 nitrogen and oxygen atoms in total. The van der Waals surface area contributed by atoms with Gasteiger partial charge in [-0.15, -0.1) is 0 Å². The Morgan fingerprint density at radius 2 is 2.15 bits per heavy atom. The van der Waals surface area contributed by atoms with E-state index in [0.29, 0.717) is 11.1 Å². The molecule has 2 aromatic rings. The normalized spacial score (nSPS) is 11.3. The lowest BCUT2D eigenvalue weighted by Crippen LogP contribution is -2.28. The van der Waals surface area contributed by atoms with Crippen molar-refractivity contribution in [1.29, 1.82) is 0 Å². The number of nitrogens with two attached hydrogens (primary N) is 1. The molecule has 0 aliphatic heterocycles. The summed E-state index contributed by atoms with van der Waals surface area (Å²) >= 11 is 0. The van der Waals surface area contributed by atoms with E-state index in [1.807, 2.05) is 0 Å². The van der Waals surface area contributed by atoms with Crippen LogP contribution in [0.5, 0.6) is 0 Å². The van der Waals surface area contributed by atoms with Gasteiger partial charge in [0.2, 0.25) is 5.82 Å². The molecule has 0 unspecified atom stereocenters. The van der Waals surface area contributed by atoms with Crippen molar-refractivity contribution in [2.75, 3.05) is 0 Å². The summed E-state index contributed by atoms with van der Waals surface area (Å²) in [6.45, 7) is 0.146. The lowest BCUT2D eigenvalue weighted by Gasteiger charge is -2.03. The van der Waals surface area contributed by atoms with Gasteiger partial charge in [0.15, 0.2) is 0 Å². The van der Waals surface area contributed by atoms with Crippen LogP contribution in [0.25, 0.3) is 11.4 Å². The Bertz CT molecular complexity index is 624. The second-order valence-corrected chi connectivity index (χ2v) is 3.84. The van der Waals surface area contributed by atoms with E-state index in [4.69, 9.17) is 5.73 Å². The molecule has 0 aliphatic carbocycles. The molecule has 0 atom stereocenters. The fourth-order valence-corrected chi connectivity index (χ4v) is 1.47. The number of hydrogen-bond acceptors (Lipinski definition) is 4. The quantitative estimate of drug-likeness (QED) is 0.901. The number of urea groups is 1. The van der Waals surface area contributed by atoms with E-state index in [1.165, 1.54) is 12.1 Å². The van der Waals surface area contributed by atoms with Gasteiger partial charge in [-0.2, -0.15) is 18.2 Å². The number of nitrogens with one attached hydrogen (secondary N) is 1. The monoisotopic (exact) mass is 286 g/mol. The van der Waals surface area contributed by atoms with Gasteiger partial charge >= 0.3 is 18.1 Å². The van der Waals surface area contributed by atoms with Gasteiger partial charge in [0.1, 0.15) is 0 Å². The van der Waals surface area contributed by atoms with Crippen LogP contribution in [0.15, 0.2) is 28.8 Å². The number of primary amides is 1. The molecule has 2 amide bonds.